The SMILES string of the molecule is COc1ccc(-c2ccc3cc(CC4CCN(C5CCCCC5)C4=O)ccc3c2)cn1. The van der Waals surface area contributed by atoms with E-state index < -0.39 is 0 Å². The van der Waals surface area contributed by atoms with Crippen LogP contribution in [0.5, 0.6) is 5.88 Å². The number of fused-ring (bicyclic) bond motifs is 1. The third-order valence-corrected chi connectivity index (χ3v) is 7.03. The highest BCUT2D eigenvalue weighted by Crippen LogP contribution is 2.31. The summed E-state index contributed by atoms with van der Waals surface area (Å²) in [6.45, 7) is 0.945. The van der Waals surface area contributed by atoms with Crippen molar-refractivity contribution in [1.82, 2.24) is 9.88 Å². The molecule has 31 heavy (non-hydrogen) atoms. The molecule has 1 aliphatic heterocycles. The van der Waals surface area contributed by atoms with Crippen molar-refractivity contribution in [2.45, 2.75) is 51.0 Å². The number of benzene rings is 2. The summed E-state index contributed by atoms with van der Waals surface area (Å²) in [5.41, 5.74) is 3.48. The molecule has 1 atom stereocenters. The van der Waals surface area contributed by atoms with E-state index in [1.54, 1.807) is 7.11 Å². The van der Waals surface area contributed by atoms with Gasteiger partial charge in [-0.2, -0.15) is 0 Å². The molecule has 1 saturated heterocycles. The van der Waals surface area contributed by atoms with E-state index >= 15 is 0 Å². The summed E-state index contributed by atoms with van der Waals surface area (Å²) in [6, 6.07) is 17.6. The van der Waals surface area contributed by atoms with Gasteiger partial charge in [0.1, 0.15) is 0 Å². The zero-order valence-electron chi connectivity index (χ0n) is 18.2. The van der Waals surface area contributed by atoms with Crippen molar-refractivity contribution in [3.8, 4) is 17.0 Å². The van der Waals surface area contributed by atoms with E-state index in [-0.39, 0.29) is 5.92 Å². The molecule has 1 unspecified atom stereocenters. The van der Waals surface area contributed by atoms with Gasteiger partial charge in [0.05, 0.1) is 7.11 Å². The fourth-order valence-electron chi connectivity index (χ4n) is 5.27. The average molecular weight is 415 g/mol. The van der Waals surface area contributed by atoms with Crippen LogP contribution in [-0.2, 0) is 11.2 Å². The lowest BCUT2D eigenvalue weighted by Gasteiger charge is -2.31. The van der Waals surface area contributed by atoms with Crippen LogP contribution >= 0.6 is 0 Å². The van der Waals surface area contributed by atoms with Gasteiger partial charge in [0.25, 0.3) is 0 Å². The summed E-state index contributed by atoms with van der Waals surface area (Å²) in [5, 5.41) is 2.43. The molecule has 2 fully saturated rings. The van der Waals surface area contributed by atoms with E-state index in [0.29, 0.717) is 17.8 Å². The number of pyridine rings is 1. The number of carbonyl (C=O) groups excluding carboxylic acids is 1. The number of methoxy groups -OCH3 is 1. The van der Waals surface area contributed by atoms with Crippen LogP contribution in [0.4, 0.5) is 0 Å². The minimum absolute atomic E-state index is 0.143. The number of ether oxygens (including phenoxy) is 1. The minimum atomic E-state index is 0.143. The second kappa shape index (κ2) is 8.70. The second-order valence-corrected chi connectivity index (χ2v) is 9.00. The molecule has 1 amide bonds. The number of nitrogens with zero attached hydrogens (tertiary/aromatic N) is 2. The van der Waals surface area contributed by atoms with Gasteiger partial charge < -0.3 is 9.64 Å². The van der Waals surface area contributed by atoms with Crippen LogP contribution in [-0.4, -0.2) is 35.5 Å². The van der Waals surface area contributed by atoms with Gasteiger partial charge in [-0.3, -0.25) is 4.79 Å². The predicted octanol–water partition coefficient (Wildman–Crippen LogP) is 5.63. The number of rotatable bonds is 5. The Morgan fingerprint density at radius 1 is 0.935 bits per heavy atom. The van der Waals surface area contributed by atoms with E-state index in [0.717, 1.165) is 30.5 Å². The summed E-state index contributed by atoms with van der Waals surface area (Å²) >= 11 is 0. The fraction of sp³-hybridized carbons (Fsp3) is 0.407. The number of carbonyl (C=O) groups is 1. The second-order valence-electron chi connectivity index (χ2n) is 9.00. The quantitative estimate of drug-likeness (QED) is 0.543. The first kappa shape index (κ1) is 20.0. The number of aromatic nitrogens is 1. The molecule has 5 rings (SSSR count). The van der Waals surface area contributed by atoms with Crippen molar-refractivity contribution in [2.75, 3.05) is 13.7 Å². The Kier molecular flexibility index (Phi) is 5.63. The first-order valence-electron chi connectivity index (χ1n) is 11.5. The average Bonchev–Trinajstić information content (AvgIpc) is 3.19. The molecule has 2 heterocycles. The molecule has 2 aliphatic rings. The normalized spacial score (nSPS) is 19.8. The Morgan fingerprint density at radius 3 is 2.48 bits per heavy atom. The Balaban J connectivity index is 1.30. The Labute approximate surface area is 184 Å². The van der Waals surface area contributed by atoms with Crippen molar-refractivity contribution in [2.24, 2.45) is 5.92 Å². The predicted molar refractivity (Wildman–Crippen MR) is 124 cm³/mol. The van der Waals surface area contributed by atoms with Crippen LogP contribution in [0.25, 0.3) is 21.9 Å². The Bertz CT molecular complexity index is 1070. The van der Waals surface area contributed by atoms with Gasteiger partial charge in [0.2, 0.25) is 11.8 Å². The van der Waals surface area contributed by atoms with E-state index in [1.165, 1.54) is 48.4 Å². The van der Waals surface area contributed by atoms with E-state index in [9.17, 15) is 4.79 Å². The van der Waals surface area contributed by atoms with Crippen LogP contribution in [0.3, 0.4) is 0 Å². The zero-order chi connectivity index (χ0) is 21.2. The van der Waals surface area contributed by atoms with Gasteiger partial charge in [0, 0.05) is 36.3 Å². The molecule has 1 aliphatic carbocycles. The molecule has 0 radical (unpaired) electrons. The fourth-order valence-corrected chi connectivity index (χ4v) is 5.27. The summed E-state index contributed by atoms with van der Waals surface area (Å²) < 4.78 is 5.15. The summed E-state index contributed by atoms with van der Waals surface area (Å²) in [7, 11) is 1.63. The standard InChI is InChI=1S/C27H30N2O2/c1-31-26-12-11-24(18-28-26)22-10-9-20-15-19(7-8-21(20)17-22)16-23-13-14-29(27(23)30)25-5-3-2-4-6-25/h7-12,15,17-18,23,25H,2-6,13-14,16H2,1H3. The maximum absolute atomic E-state index is 13.0. The number of amides is 1. The van der Waals surface area contributed by atoms with Crippen LogP contribution in [0.15, 0.2) is 54.7 Å². The van der Waals surface area contributed by atoms with Gasteiger partial charge in [-0.1, -0.05) is 49.6 Å². The van der Waals surface area contributed by atoms with Crippen LogP contribution < -0.4 is 4.74 Å². The van der Waals surface area contributed by atoms with Crippen LogP contribution in [0, 0.1) is 5.92 Å². The molecule has 1 saturated carbocycles. The lowest BCUT2D eigenvalue weighted by atomic mass is 9.93. The van der Waals surface area contributed by atoms with Gasteiger partial charge >= 0.3 is 0 Å². The molecule has 0 bridgehead atoms. The third kappa shape index (κ3) is 4.16. The van der Waals surface area contributed by atoms with E-state index in [1.807, 2.05) is 18.3 Å². The van der Waals surface area contributed by atoms with Crippen LogP contribution in [0.2, 0.25) is 0 Å². The number of hydrogen-bond donors (Lipinski definition) is 0. The maximum Gasteiger partial charge on any atom is 0.226 e. The molecular formula is C27H30N2O2. The Hall–Kier alpha value is -2.88. The highest BCUT2D eigenvalue weighted by Gasteiger charge is 2.36. The first-order chi connectivity index (χ1) is 15.2. The van der Waals surface area contributed by atoms with Crippen molar-refractivity contribution in [3.05, 3.63) is 60.3 Å². The van der Waals surface area contributed by atoms with Gasteiger partial charge in [-0.05, 0) is 59.7 Å². The molecule has 4 heteroatoms. The molecule has 0 N–H and O–H groups in total. The van der Waals surface area contributed by atoms with Crippen LogP contribution in [0.1, 0.15) is 44.1 Å². The van der Waals surface area contributed by atoms with E-state index in [4.69, 9.17) is 4.74 Å². The largest absolute Gasteiger partial charge is 0.481 e. The molecule has 3 aromatic rings. The highest BCUT2D eigenvalue weighted by atomic mass is 16.5. The highest BCUT2D eigenvalue weighted by molar-refractivity contribution is 5.88. The van der Waals surface area contributed by atoms with Gasteiger partial charge in [-0.25, -0.2) is 4.98 Å². The van der Waals surface area contributed by atoms with Crippen molar-refractivity contribution in [3.63, 3.8) is 0 Å². The first-order valence-corrected chi connectivity index (χ1v) is 11.5. The molecule has 0 spiro atoms. The molecule has 1 aromatic heterocycles. The summed E-state index contributed by atoms with van der Waals surface area (Å²) in [4.78, 5) is 19.5. The molecule has 2 aromatic carbocycles. The van der Waals surface area contributed by atoms with Crippen molar-refractivity contribution in [1.29, 1.82) is 0 Å². The third-order valence-electron chi connectivity index (χ3n) is 7.03. The summed E-state index contributed by atoms with van der Waals surface area (Å²) in [5.74, 6) is 1.15. The van der Waals surface area contributed by atoms with E-state index in [2.05, 4.69) is 46.3 Å². The minimum Gasteiger partial charge on any atom is -0.481 e. The molecule has 160 valence electrons. The lowest BCUT2D eigenvalue weighted by Crippen LogP contribution is -2.39. The van der Waals surface area contributed by atoms with Gasteiger partial charge in [-0.15, -0.1) is 0 Å². The molecular weight excluding hydrogens is 384 g/mol. The number of hydrogen-bond acceptors (Lipinski definition) is 3. The number of likely N-dealkylation sites (tertiary alicyclic amines) is 1. The zero-order valence-corrected chi connectivity index (χ0v) is 18.2. The van der Waals surface area contributed by atoms with Gasteiger partial charge in [0.15, 0.2) is 0 Å². The van der Waals surface area contributed by atoms with Crippen molar-refractivity contribution < 1.29 is 9.53 Å². The maximum atomic E-state index is 13.0. The lowest BCUT2D eigenvalue weighted by molar-refractivity contribution is -0.133. The topological polar surface area (TPSA) is 42.4 Å². The monoisotopic (exact) mass is 414 g/mol. The summed E-state index contributed by atoms with van der Waals surface area (Å²) in [6.07, 6.45) is 9.96. The Morgan fingerprint density at radius 2 is 1.71 bits per heavy atom. The van der Waals surface area contributed by atoms with Crippen molar-refractivity contribution >= 4 is 16.7 Å². The smallest absolute Gasteiger partial charge is 0.226 e. The molecule has 4 nitrogen and oxygen atoms in total.